The van der Waals surface area contributed by atoms with Gasteiger partial charge in [0, 0.05) is 13.5 Å². The van der Waals surface area contributed by atoms with E-state index in [4.69, 9.17) is 5.11 Å². The lowest BCUT2D eigenvalue weighted by Crippen LogP contribution is -2.20. The van der Waals surface area contributed by atoms with E-state index in [1.165, 1.54) is 13.0 Å². The van der Waals surface area contributed by atoms with Crippen LogP contribution in [-0.4, -0.2) is 23.5 Å². The summed E-state index contributed by atoms with van der Waals surface area (Å²) in [6.07, 6.45) is 3.59. The quantitative estimate of drug-likeness (QED) is 0.805. The Morgan fingerprint density at radius 3 is 2.37 bits per heavy atom. The molecule has 0 heterocycles. The first-order chi connectivity index (χ1) is 8.91. The smallest absolute Gasteiger partial charge is 0.341 e. The second-order valence-corrected chi connectivity index (χ2v) is 3.84. The summed E-state index contributed by atoms with van der Waals surface area (Å²) in [7, 11) is 0. The molecule has 0 saturated carbocycles. The monoisotopic (exact) mass is 269 g/mol. The van der Waals surface area contributed by atoms with E-state index in [1.54, 1.807) is 6.08 Å². The molecule has 0 unspecified atom stereocenters. The van der Waals surface area contributed by atoms with Crippen molar-refractivity contribution >= 4 is 18.0 Å². The van der Waals surface area contributed by atoms with Crippen molar-refractivity contribution < 1.29 is 23.5 Å². The molecular weight excluding hydrogens is 256 g/mol. The van der Waals surface area contributed by atoms with Gasteiger partial charge in [0.05, 0.1) is 0 Å². The summed E-state index contributed by atoms with van der Waals surface area (Å²) in [6.45, 7) is 1.81. The summed E-state index contributed by atoms with van der Waals surface area (Å²) < 4.78 is 26.7. The van der Waals surface area contributed by atoms with Crippen molar-refractivity contribution in [2.24, 2.45) is 0 Å². The van der Waals surface area contributed by atoms with Crippen LogP contribution in [0, 0.1) is 11.6 Å². The minimum absolute atomic E-state index is 0.156. The van der Waals surface area contributed by atoms with E-state index in [0.29, 0.717) is 13.0 Å². The molecule has 1 amide bonds. The molecule has 2 N–H and O–H groups in total. The number of nitrogens with one attached hydrogen (secondary N) is 1. The Hall–Kier alpha value is -2.24. The van der Waals surface area contributed by atoms with Crippen LogP contribution in [0.5, 0.6) is 0 Å². The molecule has 102 valence electrons. The van der Waals surface area contributed by atoms with Gasteiger partial charge in [-0.2, -0.15) is 0 Å². The molecule has 0 aromatic heterocycles. The Kier molecular flexibility index (Phi) is 5.17. The van der Waals surface area contributed by atoms with Crippen LogP contribution in [0.3, 0.4) is 0 Å². The average Bonchev–Trinajstić information content (AvgIpc) is 2.26. The molecule has 6 heteroatoms. The molecule has 0 radical (unpaired) electrons. The molecular formula is C13H13F2NO3. The number of hydrogen-bond acceptors (Lipinski definition) is 2. The summed E-state index contributed by atoms with van der Waals surface area (Å²) in [5.41, 5.74) is -0.738. The van der Waals surface area contributed by atoms with Crippen LogP contribution in [0.2, 0.25) is 0 Å². The van der Waals surface area contributed by atoms with Crippen molar-refractivity contribution in [2.45, 2.75) is 13.3 Å². The predicted molar refractivity (Wildman–Crippen MR) is 65.7 cm³/mol. The molecule has 19 heavy (non-hydrogen) atoms. The zero-order valence-electron chi connectivity index (χ0n) is 10.2. The molecule has 0 aliphatic heterocycles. The fraction of sp³-hybridized carbons (Fsp3) is 0.231. The number of carboxylic acids is 1. The van der Waals surface area contributed by atoms with E-state index < -0.39 is 23.2 Å². The second kappa shape index (κ2) is 6.63. The first-order valence-electron chi connectivity index (χ1n) is 5.55. The lowest BCUT2D eigenvalue weighted by atomic mass is 10.1. The maximum absolute atomic E-state index is 13.3. The van der Waals surface area contributed by atoms with Gasteiger partial charge in [0.2, 0.25) is 5.91 Å². The number of benzene rings is 1. The Morgan fingerprint density at radius 2 is 1.89 bits per heavy atom. The number of carbonyl (C=O) groups is 2. The topological polar surface area (TPSA) is 66.4 Å². The molecule has 0 aliphatic carbocycles. The van der Waals surface area contributed by atoms with E-state index in [-0.39, 0.29) is 11.5 Å². The lowest BCUT2D eigenvalue weighted by Gasteiger charge is -2.02. The number of aromatic carboxylic acids is 1. The van der Waals surface area contributed by atoms with Gasteiger partial charge in [-0.15, -0.1) is 0 Å². The molecule has 0 saturated heterocycles. The van der Waals surface area contributed by atoms with Gasteiger partial charge < -0.3 is 10.4 Å². The Labute approximate surface area is 108 Å². The standard InChI is InChI=1S/C13H13F2NO3/c1-8(17)16-5-3-2-4-9-6-10(14)12(13(18)19)11(15)7-9/h2,4,6-7H,3,5H2,1H3,(H,16,17)(H,18,19). The normalized spacial score (nSPS) is 10.7. The third-order valence-corrected chi connectivity index (χ3v) is 2.27. The highest BCUT2D eigenvalue weighted by molar-refractivity contribution is 5.88. The first kappa shape index (κ1) is 14.8. The van der Waals surface area contributed by atoms with Gasteiger partial charge in [-0.3, -0.25) is 4.79 Å². The van der Waals surface area contributed by atoms with Crippen LogP contribution in [0.25, 0.3) is 6.08 Å². The fourth-order valence-electron chi connectivity index (χ4n) is 1.44. The van der Waals surface area contributed by atoms with E-state index in [1.807, 2.05) is 0 Å². The zero-order valence-corrected chi connectivity index (χ0v) is 10.2. The molecule has 1 rings (SSSR count). The van der Waals surface area contributed by atoms with Crippen molar-refractivity contribution in [3.8, 4) is 0 Å². The number of carbonyl (C=O) groups excluding carboxylic acids is 1. The minimum atomic E-state index is -1.64. The van der Waals surface area contributed by atoms with E-state index in [9.17, 15) is 18.4 Å². The van der Waals surface area contributed by atoms with Gasteiger partial charge in [-0.25, -0.2) is 13.6 Å². The fourth-order valence-corrected chi connectivity index (χ4v) is 1.44. The van der Waals surface area contributed by atoms with Crippen molar-refractivity contribution in [1.29, 1.82) is 0 Å². The van der Waals surface area contributed by atoms with Crippen LogP contribution in [0.15, 0.2) is 18.2 Å². The van der Waals surface area contributed by atoms with Crippen LogP contribution in [0.4, 0.5) is 8.78 Å². The summed E-state index contributed by atoms with van der Waals surface area (Å²) in [5.74, 6) is -4.03. The average molecular weight is 269 g/mol. The summed E-state index contributed by atoms with van der Waals surface area (Å²) >= 11 is 0. The SMILES string of the molecule is CC(=O)NCCC=Cc1cc(F)c(C(=O)O)c(F)c1. The Morgan fingerprint density at radius 1 is 1.32 bits per heavy atom. The maximum Gasteiger partial charge on any atom is 0.341 e. The van der Waals surface area contributed by atoms with Crippen LogP contribution in [0.1, 0.15) is 29.3 Å². The molecule has 0 spiro atoms. The zero-order chi connectivity index (χ0) is 14.4. The Balaban J connectivity index is 2.73. The van der Waals surface area contributed by atoms with Crippen LogP contribution >= 0.6 is 0 Å². The molecule has 1 aromatic carbocycles. The molecule has 4 nitrogen and oxygen atoms in total. The molecule has 0 atom stereocenters. The third kappa shape index (κ3) is 4.50. The van der Waals surface area contributed by atoms with Gasteiger partial charge in [0.1, 0.15) is 17.2 Å². The van der Waals surface area contributed by atoms with E-state index >= 15 is 0 Å². The predicted octanol–water partition coefficient (Wildman–Crippen LogP) is 2.20. The minimum Gasteiger partial charge on any atom is -0.477 e. The van der Waals surface area contributed by atoms with Crippen LogP contribution in [-0.2, 0) is 4.79 Å². The molecule has 0 aliphatic rings. The molecule has 0 bridgehead atoms. The molecule has 1 aromatic rings. The van der Waals surface area contributed by atoms with Crippen molar-refractivity contribution in [3.63, 3.8) is 0 Å². The van der Waals surface area contributed by atoms with E-state index in [2.05, 4.69) is 5.32 Å². The summed E-state index contributed by atoms with van der Waals surface area (Å²) in [6, 6.07) is 1.89. The van der Waals surface area contributed by atoms with Gasteiger partial charge in [-0.1, -0.05) is 12.2 Å². The lowest BCUT2D eigenvalue weighted by molar-refractivity contribution is -0.118. The summed E-state index contributed by atoms with van der Waals surface area (Å²) in [5, 5.41) is 11.2. The van der Waals surface area contributed by atoms with E-state index in [0.717, 1.165) is 12.1 Å². The van der Waals surface area contributed by atoms with Gasteiger partial charge in [0.15, 0.2) is 0 Å². The third-order valence-electron chi connectivity index (χ3n) is 2.27. The van der Waals surface area contributed by atoms with Crippen molar-refractivity contribution in [2.75, 3.05) is 6.54 Å². The molecule has 0 fully saturated rings. The van der Waals surface area contributed by atoms with Crippen LogP contribution < -0.4 is 5.32 Å². The van der Waals surface area contributed by atoms with Gasteiger partial charge in [0.25, 0.3) is 0 Å². The maximum atomic E-state index is 13.3. The number of amides is 1. The summed E-state index contributed by atoms with van der Waals surface area (Å²) in [4.78, 5) is 21.2. The van der Waals surface area contributed by atoms with Gasteiger partial charge >= 0.3 is 5.97 Å². The van der Waals surface area contributed by atoms with Crippen molar-refractivity contribution in [3.05, 3.63) is 41.0 Å². The number of hydrogen-bond donors (Lipinski definition) is 2. The highest BCUT2D eigenvalue weighted by Crippen LogP contribution is 2.16. The Bertz CT molecular complexity index is 504. The number of halogens is 2. The highest BCUT2D eigenvalue weighted by atomic mass is 19.1. The highest BCUT2D eigenvalue weighted by Gasteiger charge is 2.16. The number of carboxylic acid groups (broad SMARTS) is 1. The number of rotatable bonds is 5. The first-order valence-corrected chi connectivity index (χ1v) is 5.55. The van der Waals surface area contributed by atoms with Gasteiger partial charge in [-0.05, 0) is 24.1 Å². The largest absolute Gasteiger partial charge is 0.477 e. The second-order valence-electron chi connectivity index (χ2n) is 3.84. The van der Waals surface area contributed by atoms with Crippen molar-refractivity contribution in [1.82, 2.24) is 5.32 Å².